The summed E-state index contributed by atoms with van der Waals surface area (Å²) in [4.78, 5) is 0. The van der Waals surface area contributed by atoms with Gasteiger partial charge in [-0.25, -0.2) is 4.39 Å². The summed E-state index contributed by atoms with van der Waals surface area (Å²) in [6.07, 6.45) is 4.16. The number of hydrogen-bond donors (Lipinski definition) is 0. The third-order valence-electron chi connectivity index (χ3n) is 5.21. The van der Waals surface area contributed by atoms with E-state index in [0.717, 1.165) is 36.3 Å². The summed E-state index contributed by atoms with van der Waals surface area (Å²) in [6.45, 7) is 4.59. The van der Waals surface area contributed by atoms with E-state index in [4.69, 9.17) is 11.6 Å². The maximum absolute atomic E-state index is 13.1. The van der Waals surface area contributed by atoms with E-state index < -0.39 is 0 Å². The Morgan fingerprint density at radius 3 is 2.19 bits per heavy atom. The fourth-order valence-corrected chi connectivity index (χ4v) is 3.64. The maximum Gasteiger partial charge on any atom is 0.123 e. The molecule has 3 aromatic rings. The van der Waals surface area contributed by atoms with Crippen molar-refractivity contribution in [3.05, 3.63) is 106 Å². The minimum Gasteiger partial charge on any atom is -0.207 e. The summed E-state index contributed by atoms with van der Waals surface area (Å²) in [5, 5.41) is 0.785. The molecule has 0 aliphatic rings. The van der Waals surface area contributed by atoms with Crippen LogP contribution in [0.1, 0.15) is 48.9 Å². The summed E-state index contributed by atoms with van der Waals surface area (Å²) in [7, 11) is 0. The number of aryl methyl sites for hydroxylation is 1. The van der Waals surface area contributed by atoms with Crippen LogP contribution in [0.5, 0.6) is 0 Å². The quantitative estimate of drug-likeness (QED) is 0.401. The molecule has 2 heteroatoms. The van der Waals surface area contributed by atoms with Gasteiger partial charge in [0.05, 0.1) is 0 Å². The summed E-state index contributed by atoms with van der Waals surface area (Å²) in [5.74, 6) is -0.184. The van der Waals surface area contributed by atoms with E-state index in [-0.39, 0.29) is 11.2 Å². The lowest BCUT2D eigenvalue weighted by Gasteiger charge is -2.25. The van der Waals surface area contributed by atoms with E-state index >= 15 is 0 Å². The van der Waals surface area contributed by atoms with Crippen LogP contribution in [0, 0.1) is 5.82 Å². The first-order chi connectivity index (χ1) is 12.9. The van der Waals surface area contributed by atoms with Gasteiger partial charge in [0.25, 0.3) is 0 Å². The Hall–Kier alpha value is -2.12. The lowest BCUT2D eigenvalue weighted by atomic mass is 9.80. The highest BCUT2D eigenvalue weighted by molar-refractivity contribution is 6.30. The second kappa shape index (κ2) is 8.71. The fourth-order valence-electron chi connectivity index (χ4n) is 3.51. The van der Waals surface area contributed by atoms with Crippen LogP contribution in [0.4, 0.5) is 4.39 Å². The van der Waals surface area contributed by atoms with Crippen molar-refractivity contribution in [2.24, 2.45) is 0 Å². The van der Waals surface area contributed by atoms with Crippen LogP contribution in [-0.4, -0.2) is 0 Å². The fraction of sp³-hybridized carbons (Fsp3) is 0.280. The lowest BCUT2D eigenvalue weighted by Crippen LogP contribution is -2.17. The minimum absolute atomic E-state index is 0.135. The predicted octanol–water partition coefficient (Wildman–Crippen LogP) is 7.37. The Morgan fingerprint density at radius 2 is 1.48 bits per heavy atom. The second-order valence-corrected chi connectivity index (χ2v) is 8.30. The van der Waals surface area contributed by atoms with Crippen LogP contribution in [0.25, 0.3) is 0 Å². The molecule has 0 spiro atoms. The molecule has 0 amide bonds. The van der Waals surface area contributed by atoms with Crippen molar-refractivity contribution in [2.75, 3.05) is 0 Å². The van der Waals surface area contributed by atoms with Gasteiger partial charge in [0.15, 0.2) is 0 Å². The summed E-state index contributed by atoms with van der Waals surface area (Å²) >= 11 is 6.01. The van der Waals surface area contributed by atoms with Gasteiger partial charge in [-0.15, -0.1) is 0 Å². The average Bonchev–Trinajstić information content (AvgIpc) is 2.64. The molecular formula is C25H26ClF. The molecule has 0 aromatic heterocycles. The molecule has 0 aliphatic carbocycles. The standard InChI is InChI=1S/C25H26ClF/c1-25(2,22-10-12-23(26)13-11-22)16-4-7-19-5-3-6-21(17-19)18-20-8-14-24(27)15-9-20/h3,5-6,8-15,17H,4,7,16,18H2,1-2H3. The Kier molecular flexibility index (Phi) is 6.34. The third kappa shape index (κ3) is 5.68. The average molecular weight is 381 g/mol. The molecule has 0 atom stereocenters. The van der Waals surface area contributed by atoms with Crippen molar-refractivity contribution < 1.29 is 4.39 Å². The second-order valence-electron chi connectivity index (χ2n) is 7.87. The van der Waals surface area contributed by atoms with E-state index in [1.54, 1.807) is 0 Å². The monoisotopic (exact) mass is 380 g/mol. The van der Waals surface area contributed by atoms with Crippen molar-refractivity contribution >= 4 is 11.6 Å². The summed E-state index contributed by atoms with van der Waals surface area (Å²) in [5.41, 5.74) is 5.24. The van der Waals surface area contributed by atoms with Crippen molar-refractivity contribution in [3.63, 3.8) is 0 Å². The van der Waals surface area contributed by atoms with Gasteiger partial charge >= 0.3 is 0 Å². The first-order valence-electron chi connectivity index (χ1n) is 9.51. The SMILES string of the molecule is CC(C)(CCCc1cccc(Cc2ccc(F)cc2)c1)c1ccc(Cl)cc1. The van der Waals surface area contributed by atoms with Crippen molar-refractivity contribution in [3.8, 4) is 0 Å². The van der Waals surface area contributed by atoms with Gasteiger partial charge in [0.1, 0.15) is 5.82 Å². The minimum atomic E-state index is -0.184. The largest absolute Gasteiger partial charge is 0.207 e. The van der Waals surface area contributed by atoms with Crippen LogP contribution in [0.2, 0.25) is 5.02 Å². The Bertz CT molecular complexity index is 864. The molecule has 3 aromatic carbocycles. The number of halogens is 2. The predicted molar refractivity (Wildman–Crippen MR) is 113 cm³/mol. The highest BCUT2D eigenvalue weighted by atomic mass is 35.5. The molecule has 0 aliphatic heterocycles. The molecule has 140 valence electrons. The smallest absolute Gasteiger partial charge is 0.123 e. The molecular weight excluding hydrogens is 355 g/mol. The molecule has 0 saturated carbocycles. The van der Waals surface area contributed by atoms with E-state index in [2.05, 4.69) is 50.2 Å². The molecule has 0 saturated heterocycles. The maximum atomic E-state index is 13.1. The van der Waals surface area contributed by atoms with Gasteiger partial charge in [-0.05, 0) is 77.6 Å². The molecule has 3 rings (SSSR count). The van der Waals surface area contributed by atoms with E-state index in [1.807, 2.05) is 24.3 Å². The van der Waals surface area contributed by atoms with Crippen molar-refractivity contribution in [1.82, 2.24) is 0 Å². The topological polar surface area (TPSA) is 0 Å². The molecule has 0 fully saturated rings. The van der Waals surface area contributed by atoms with E-state index in [1.165, 1.54) is 28.8 Å². The zero-order valence-electron chi connectivity index (χ0n) is 16.0. The van der Waals surface area contributed by atoms with Gasteiger partial charge in [-0.1, -0.05) is 74.0 Å². The Morgan fingerprint density at radius 1 is 0.815 bits per heavy atom. The van der Waals surface area contributed by atoms with Gasteiger partial charge in [0, 0.05) is 5.02 Å². The lowest BCUT2D eigenvalue weighted by molar-refractivity contribution is 0.461. The first-order valence-corrected chi connectivity index (χ1v) is 9.88. The van der Waals surface area contributed by atoms with Crippen molar-refractivity contribution in [1.29, 1.82) is 0 Å². The third-order valence-corrected chi connectivity index (χ3v) is 5.46. The van der Waals surface area contributed by atoms with Crippen LogP contribution in [-0.2, 0) is 18.3 Å². The molecule has 27 heavy (non-hydrogen) atoms. The van der Waals surface area contributed by atoms with Gasteiger partial charge in [-0.3, -0.25) is 0 Å². The molecule has 0 unspecified atom stereocenters. The highest BCUT2D eigenvalue weighted by Gasteiger charge is 2.19. The Labute approximate surface area is 167 Å². The zero-order valence-corrected chi connectivity index (χ0v) is 16.8. The van der Waals surface area contributed by atoms with Crippen LogP contribution < -0.4 is 0 Å². The summed E-state index contributed by atoms with van der Waals surface area (Å²) < 4.78 is 13.1. The highest BCUT2D eigenvalue weighted by Crippen LogP contribution is 2.30. The molecule has 0 N–H and O–H groups in total. The van der Waals surface area contributed by atoms with E-state index in [0.29, 0.717) is 0 Å². The first kappa shape index (κ1) is 19.6. The van der Waals surface area contributed by atoms with Crippen LogP contribution >= 0.6 is 11.6 Å². The molecule has 0 bridgehead atoms. The molecule has 0 heterocycles. The zero-order chi connectivity index (χ0) is 19.3. The van der Waals surface area contributed by atoms with Gasteiger partial charge in [-0.2, -0.15) is 0 Å². The molecule has 0 radical (unpaired) electrons. The van der Waals surface area contributed by atoms with Crippen LogP contribution in [0.3, 0.4) is 0 Å². The number of hydrogen-bond acceptors (Lipinski definition) is 0. The van der Waals surface area contributed by atoms with E-state index in [9.17, 15) is 4.39 Å². The van der Waals surface area contributed by atoms with Crippen LogP contribution in [0.15, 0.2) is 72.8 Å². The van der Waals surface area contributed by atoms with Gasteiger partial charge < -0.3 is 0 Å². The normalized spacial score (nSPS) is 11.6. The van der Waals surface area contributed by atoms with Crippen molar-refractivity contribution in [2.45, 2.75) is 44.9 Å². The number of rotatable bonds is 7. The molecule has 0 nitrogen and oxygen atoms in total. The Balaban J connectivity index is 1.58. The number of benzene rings is 3. The van der Waals surface area contributed by atoms with Gasteiger partial charge in [0.2, 0.25) is 0 Å². The summed E-state index contributed by atoms with van der Waals surface area (Å²) in [6, 6.07) is 23.7.